The maximum atomic E-state index is 12.9. The molecular weight excluding hydrogens is 398 g/mol. The lowest BCUT2D eigenvalue weighted by molar-refractivity contribution is -0.917. The molecule has 2 fully saturated rings. The second-order valence-electron chi connectivity index (χ2n) is 8.19. The van der Waals surface area contributed by atoms with Crippen molar-refractivity contribution >= 4 is 15.9 Å². The van der Waals surface area contributed by atoms with Gasteiger partial charge in [-0.1, -0.05) is 36.8 Å². The Bertz CT molecular complexity index is 947. The van der Waals surface area contributed by atoms with Gasteiger partial charge in [-0.25, -0.2) is 8.42 Å². The van der Waals surface area contributed by atoms with E-state index in [0.717, 1.165) is 52.0 Å². The molecule has 6 nitrogen and oxygen atoms in total. The minimum Gasteiger partial charge on any atom is -0.328 e. The van der Waals surface area contributed by atoms with E-state index in [9.17, 15) is 13.2 Å². The number of nitrogens with one attached hydrogen (secondary N) is 1. The Hall–Kier alpha value is -2.22. The third-order valence-electron chi connectivity index (χ3n) is 6.11. The summed E-state index contributed by atoms with van der Waals surface area (Å²) in [4.78, 5) is 16.5. The van der Waals surface area contributed by atoms with Crippen LogP contribution in [0, 0.1) is 0 Å². The van der Waals surface area contributed by atoms with Crippen LogP contribution in [0.2, 0.25) is 0 Å². The standard InChI is InChI=1S/C23H29N3O3S/c27-23(25-17-15-24(16-18-25)19-20-7-3-1-4-8-20)21-9-11-22(12-10-21)30(28,29)26-13-5-2-6-14-26/h1,3-4,7-12H,2,5-6,13-19H2/p+1. The van der Waals surface area contributed by atoms with Crippen molar-refractivity contribution in [2.45, 2.75) is 30.7 Å². The van der Waals surface area contributed by atoms with Crippen LogP contribution in [-0.4, -0.2) is 62.8 Å². The Balaban J connectivity index is 1.35. The summed E-state index contributed by atoms with van der Waals surface area (Å²) < 4.78 is 27.1. The van der Waals surface area contributed by atoms with Crippen molar-refractivity contribution in [2.75, 3.05) is 39.3 Å². The van der Waals surface area contributed by atoms with E-state index in [1.807, 2.05) is 11.0 Å². The average Bonchev–Trinajstić information content (AvgIpc) is 2.80. The number of amides is 1. The van der Waals surface area contributed by atoms with E-state index in [-0.39, 0.29) is 10.8 Å². The van der Waals surface area contributed by atoms with Crippen LogP contribution in [0.3, 0.4) is 0 Å². The Morgan fingerprint density at radius 3 is 2.10 bits per heavy atom. The van der Waals surface area contributed by atoms with E-state index in [4.69, 9.17) is 0 Å². The largest absolute Gasteiger partial charge is 0.328 e. The molecule has 0 spiro atoms. The lowest BCUT2D eigenvalue weighted by atomic mass is 10.1. The van der Waals surface area contributed by atoms with E-state index in [0.29, 0.717) is 18.7 Å². The first-order chi connectivity index (χ1) is 14.5. The van der Waals surface area contributed by atoms with Crippen molar-refractivity contribution in [2.24, 2.45) is 0 Å². The first kappa shape index (κ1) is 21.0. The number of hydrogen-bond donors (Lipinski definition) is 1. The number of sulfonamides is 1. The third kappa shape index (κ3) is 4.74. The number of piperazine rings is 1. The highest BCUT2D eigenvalue weighted by Gasteiger charge is 2.27. The molecule has 2 aromatic rings. The molecule has 2 heterocycles. The molecule has 1 N–H and O–H groups in total. The fraction of sp³-hybridized carbons (Fsp3) is 0.435. The van der Waals surface area contributed by atoms with Crippen molar-refractivity contribution in [3.8, 4) is 0 Å². The number of rotatable bonds is 5. The fourth-order valence-electron chi connectivity index (χ4n) is 4.29. The zero-order valence-electron chi connectivity index (χ0n) is 17.3. The summed E-state index contributed by atoms with van der Waals surface area (Å²) in [5, 5.41) is 0. The Morgan fingerprint density at radius 2 is 1.47 bits per heavy atom. The van der Waals surface area contributed by atoms with Crippen molar-refractivity contribution in [3.63, 3.8) is 0 Å². The van der Waals surface area contributed by atoms with Gasteiger partial charge in [0.05, 0.1) is 31.1 Å². The number of quaternary nitrogens is 1. The van der Waals surface area contributed by atoms with Gasteiger partial charge < -0.3 is 9.80 Å². The maximum Gasteiger partial charge on any atom is 0.254 e. The van der Waals surface area contributed by atoms with Crippen LogP contribution in [-0.2, 0) is 16.6 Å². The van der Waals surface area contributed by atoms with E-state index in [1.165, 1.54) is 10.5 Å². The van der Waals surface area contributed by atoms with Gasteiger partial charge in [0, 0.05) is 24.2 Å². The quantitative estimate of drug-likeness (QED) is 0.783. The Labute approximate surface area is 179 Å². The molecule has 4 rings (SSSR count). The van der Waals surface area contributed by atoms with E-state index < -0.39 is 10.0 Å². The van der Waals surface area contributed by atoms with Crippen LogP contribution in [0.25, 0.3) is 0 Å². The van der Waals surface area contributed by atoms with Gasteiger partial charge in [-0.15, -0.1) is 0 Å². The summed E-state index contributed by atoms with van der Waals surface area (Å²) in [6, 6.07) is 16.9. The zero-order valence-corrected chi connectivity index (χ0v) is 18.1. The highest BCUT2D eigenvalue weighted by atomic mass is 32.2. The van der Waals surface area contributed by atoms with Crippen LogP contribution in [0.15, 0.2) is 59.5 Å². The third-order valence-corrected chi connectivity index (χ3v) is 8.02. The highest BCUT2D eigenvalue weighted by molar-refractivity contribution is 7.89. The topological polar surface area (TPSA) is 62.1 Å². The molecule has 160 valence electrons. The highest BCUT2D eigenvalue weighted by Crippen LogP contribution is 2.21. The summed E-state index contributed by atoms with van der Waals surface area (Å²) in [7, 11) is -3.46. The molecule has 2 aliphatic rings. The molecule has 7 heteroatoms. The molecule has 0 radical (unpaired) electrons. The summed E-state index contributed by atoms with van der Waals surface area (Å²) in [6.45, 7) is 5.41. The molecular formula is C23H30N3O3S+. The van der Waals surface area contributed by atoms with E-state index in [2.05, 4.69) is 24.3 Å². The fourth-order valence-corrected chi connectivity index (χ4v) is 5.81. The smallest absolute Gasteiger partial charge is 0.254 e. The van der Waals surface area contributed by atoms with Crippen LogP contribution in [0.1, 0.15) is 35.2 Å². The first-order valence-corrected chi connectivity index (χ1v) is 12.2. The second-order valence-corrected chi connectivity index (χ2v) is 10.1. The number of nitrogens with zero attached hydrogens (tertiary/aromatic N) is 2. The van der Waals surface area contributed by atoms with Gasteiger partial charge >= 0.3 is 0 Å². The van der Waals surface area contributed by atoms with Crippen LogP contribution >= 0.6 is 0 Å². The molecule has 0 aromatic heterocycles. The monoisotopic (exact) mass is 428 g/mol. The number of carbonyl (C=O) groups is 1. The zero-order chi connectivity index (χ0) is 21.0. The van der Waals surface area contributed by atoms with Crippen molar-refractivity contribution in [1.29, 1.82) is 0 Å². The van der Waals surface area contributed by atoms with Gasteiger partial charge in [0.2, 0.25) is 10.0 Å². The normalized spacial score (nSPS) is 19.0. The van der Waals surface area contributed by atoms with Gasteiger partial charge in [-0.2, -0.15) is 4.31 Å². The molecule has 30 heavy (non-hydrogen) atoms. The Morgan fingerprint density at radius 1 is 0.833 bits per heavy atom. The lowest BCUT2D eigenvalue weighted by Crippen LogP contribution is -3.13. The molecule has 1 amide bonds. The van der Waals surface area contributed by atoms with E-state index in [1.54, 1.807) is 28.6 Å². The van der Waals surface area contributed by atoms with Gasteiger partial charge in [0.15, 0.2) is 0 Å². The molecule has 0 bridgehead atoms. The average molecular weight is 429 g/mol. The summed E-state index contributed by atoms with van der Waals surface area (Å²) in [5.41, 5.74) is 1.87. The second kappa shape index (κ2) is 9.29. The summed E-state index contributed by atoms with van der Waals surface area (Å²) >= 11 is 0. The summed E-state index contributed by atoms with van der Waals surface area (Å²) in [6.07, 6.45) is 2.90. The predicted molar refractivity (Wildman–Crippen MR) is 116 cm³/mol. The number of benzene rings is 2. The maximum absolute atomic E-state index is 12.9. The van der Waals surface area contributed by atoms with Crippen LogP contribution in [0.4, 0.5) is 0 Å². The Kier molecular flexibility index (Phi) is 6.51. The molecule has 0 aliphatic carbocycles. The van der Waals surface area contributed by atoms with Crippen molar-refractivity contribution < 1.29 is 18.1 Å². The van der Waals surface area contributed by atoms with Gasteiger partial charge in [0.25, 0.3) is 5.91 Å². The molecule has 2 aromatic carbocycles. The molecule has 0 atom stereocenters. The molecule has 0 unspecified atom stereocenters. The number of carbonyl (C=O) groups excluding carboxylic acids is 1. The summed E-state index contributed by atoms with van der Waals surface area (Å²) in [5.74, 6) is -0.0179. The molecule has 0 saturated carbocycles. The van der Waals surface area contributed by atoms with Crippen molar-refractivity contribution in [1.82, 2.24) is 9.21 Å². The van der Waals surface area contributed by atoms with E-state index >= 15 is 0 Å². The predicted octanol–water partition coefficient (Wildman–Crippen LogP) is 1.40. The van der Waals surface area contributed by atoms with Gasteiger partial charge in [-0.3, -0.25) is 4.79 Å². The molecule has 2 aliphatic heterocycles. The minimum absolute atomic E-state index is 0.0179. The van der Waals surface area contributed by atoms with Crippen LogP contribution in [0.5, 0.6) is 0 Å². The van der Waals surface area contributed by atoms with Gasteiger partial charge in [0.1, 0.15) is 6.54 Å². The minimum atomic E-state index is -3.46. The SMILES string of the molecule is O=C(c1ccc(S(=O)(=O)N2CCCCC2)cc1)N1CC[NH+](Cc2ccccc2)CC1. The number of hydrogen-bond acceptors (Lipinski definition) is 3. The van der Waals surface area contributed by atoms with Crippen LogP contribution < -0.4 is 4.90 Å². The number of piperidine rings is 1. The van der Waals surface area contributed by atoms with Gasteiger partial charge in [-0.05, 0) is 37.1 Å². The van der Waals surface area contributed by atoms with Crippen molar-refractivity contribution in [3.05, 3.63) is 65.7 Å². The lowest BCUT2D eigenvalue weighted by Gasteiger charge is -2.32. The molecule has 2 saturated heterocycles. The first-order valence-electron chi connectivity index (χ1n) is 10.8.